The first kappa shape index (κ1) is 18.1. The first-order valence-electron chi connectivity index (χ1n) is 9.35. The lowest BCUT2D eigenvalue weighted by atomic mass is 10.2. The van der Waals surface area contributed by atoms with Gasteiger partial charge in [-0.15, -0.1) is 5.10 Å². The van der Waals surface area contributed by atoms with Gasteiger partial charge in [-0.3, -0.25) is 4.79 Å². The van der Waals surface area contributed by atoms with Crippen LogP contribution in [0.15, 0.2) is 42.6 Å². The summed E-state index contributed by atoms with van der Waals surface area (Å²) in [5, 5.41) is 4.32. The van der Waals surface area contributed by atoms with Crippen molar-refractivity contribution < 1.29 is 14.3 Å². The number of rotatable bonds is 5. The van der Waals surface area contributed by atoms with E-state index in [9.17, 15) is 4.79 Å². The molecule has 0 atom stereocenters. The van der Waals surface area contributed by atoms with E-state index < -0.39 is 0 Å². The quantitative estimate of drug-likeness (QED) is 0.674. The molecule has 2 aromatic heterocycles. The molecule has 28 heavy (non-hydrogen) atoms. The summed E-state index contributed by atoms with van der Waals surface area (Å²) in [4.78, 5) is 21.4. The number of carbonyl (C=O) groups is 1. The molecule has 0 N–H and O–H groups in total. The van der Waals surface area contributed by atoms with Gasteiger partial charge in [0.2, 0.25) is 5.88 Å². The van der Waals surface area contributed by atoms with Crippen LogP contribution in [0.1, 0.15) is 17.4 Å². The Balaban J connectivity index is 1.42. The maximum atomic E-state index is 12.9. The number of benzene rings is 1. The van der Waals surface area contributed by atoms with Crippen molar-refractivity contribution >= 4 is 17.2 Å². The monoisotopic (exact) mass is 381 g/mol. The van der Waals surface area contributed by atoms with Crippen molar-refractivity contribution in [3.8, 4) is 11.6 Å². The molecule has 8 nitrogen and oxygen atoms in total. The third-order valence-corrected chi connectivity index (χ3v) is 4.81. The van der Waals surface area contributed by atoms with Gasteiger partial charge in [0.15, 0.2) is 5.65 Å². The number of amides is 1. The third-order valence-electron chi connectivity index (χ3n) is 4.81. The molecular weight excluding hydrogens is 358 g/mol. The van der Waals surface area contributed by atoms with Gasteiger partial charge in [0.1, 0.15) is 11.4 Å². The molecule has 8 heteroatoms. The molecular formula is C20H23N5O3. The number of methoxy groups -OCH3 is 1. The second kappa shape index (κ2) is 7.75. The number of aromatic nitrogens is 3. The van der Waals surface area contributed by atoms with Gasteiger partial charge in [-0.2, -0.15) is 0 Å². The number of hydrogen-bond acceptors (Lipinski definition) is 6. The van der Waals surface area contributed by atoms with E-state index in [0.717, 1.165) is 24.5 Å². The summed E-state index contributed by atoms with van der Waals surface area (Å²) < 4.78 is 12.2. The van der Waals surface area contributed by atoms with Crippen molar-refractivity contribution in [2.24, 2.45) is 0 Å². The van der Waals surface area contributed by atoms with E-state index in [2.05, 4.69) is 15.0 Å². The van der Waals surface area contributed by atoms with Crippen molar-refractivity contribution in [3.63, 3.8) is 0 Å². The molecule has 1 aromatic carbocycles. The maximum absolute atomic E-state index is 12.9. The number of anilines is 1. The van der Waals surface area contributed by atoms with Gasteiger partial charge in [0.05, 0.1) is 19.9 Å². The predicted octanol–water partition coefficient (Wildman–Crippen LogP) is 2.10. The van der Waals surface area contributed by atoms with Crippen LogP contribution < -0.4 is 14.4 Å². The highest BCUT2D eigenvalue weighted by Gasteiger charge is 2.24. The molecule has 1 amide bonds. The first-order chi connectivity index (χ1) is 13.7. The average Bonchev–Trinajstić information content (AvgIpc) is 3.17. The molecule has 0 saturated carbocycles. The van der Waals surface area contributed by atoms with Crippen molar-refractivity contribution in [3.05, 3.63) is 48.3 Å². The fraction of sp³-hybridized carbons (Fsp3) is 0.350. The summed E-state index contributed by atoms with van der Waals surface area (Å²) in [5.74, 6) is 1.28. The van der Waals surface area contributed by atoms with E-state index >= 15 is 0 Å². The van der Waals surface area contributed by atoms with Crippen LogP contribution in [0.25, 0.3) is 5.65 Å². The highest BCUT2D eigenvalue weighted by Crippen LogP contribution is 2.21. The minimum Gasteiger partial charge on any atom is -0.497 e. The molecule has 146 valence electrons. The molecule has 1 fully saturated rings. The molecule has 1 aliphatic rings. The van der Waals surface area contributed by atoms with Crippen LogP contribution in [0.5, 0.6) is 11.6 Å². The summed E-state index contributed by atoms with van der Waals surface area (Å²) in [6.45, 7) is 5.29. The number of fused-ring (bicyclic) bond motifs is 1. The Morgan fingerprint density at radius 1 is 1.07 bits per heavy atom. The molecule has 3 aromatic rings. The molecule has 1 aliphatic heterocycles. The predicted molar refractivity (Wildman–Crippen MR) is 105 cm³/mol. The second-order valence-electron chi connectivity index (χ2n) is 6.51. The van der Waals surface area contributed by atoms with E-state index in [-0.39, 0.29) is 5.91 Å². The van der Waals surface area contributed by atoms with Crippen LogP contribution in [0.2, 0.25) is 0 Å². The van der Waals surface area contributed by atoms with Gasteiger partial charge in [-0.1, -0.05) is 0 Å². The standard InChI is InChI=1S/C20H23N5O3/c1-3-28-19-9-8-18-21-17(14-25(18)22-19)20(26)24-12-10-23(11-13-24)15-4-6-16(27-2)7-5-15/h4-9,14H,3,10-13H2,1-2H3. The van der Waals surface area contributed by atoms with Crippen molar-refractivity contribution in [2.75, 3.05) is 44.8 Å². The molecule has 0 radical (unpaired) electrons. The highest BCUT2D eigenvalue weighted by atomic mass is 16.5. The van der Waals surface area contributed by atoms with Gasteiger partial charge in [-0.25, -0.2) is 9.50 Å². The van der Waals surface area contributed by atoms with Gasteiger partial charge in [0, 0.05) is 37.9 Å². The van der Waals surface area contributed by atoms with Crippen LogP contribution in [0.3, 0.4) is 0 Å². The number of nitrogens with zero attached hydrogens (tertiary/aromatic N) is 5. The number of piperazine rings is 1. The lowest BCUT2D eigenvalue weighted by Gasteiger charge is -2.35. The summed E-state index contributed by atoms with van der Waals surface area (Å²) >= 11 is 0. The Hall–Kier alpha value is -3.29. The SMILES string of the molecule is CCOc1ccc2nc(C(=O)N3CCN(c4ccc(OC)cc4)CC3)cn2n1. The fourth-order valence-electron chi connectivity index (χ4n) is 3.32. The van der Waals surface area contributed by atoms with Crippen LogP contribution >= 0.6 is 0 Å². The minimum atomic E-state index is -0.0714. The molecule has 0 bridgehead atoms. The molecule has 3 heterocycles. The fourth-order valence-corrected chi connectivity index (χ4v) is 3.32. The molecule has 0 unspecified atom stereocenters. The average molecular weight is 381 g/mol. The molecule has 4 rings (SSSR count). The smallest absolute Gasteiger partial charge is 0.274 e. The zero-order valence-corrected chi connectivity index (χ0v) is 16.0. The number of ether oxygens (including phenoxy) is 2. The highest BCUT2D eigenvalue weighted by molar-refractivity contribution is 5.93. The first-order valence-corrected chi connectivity index (χ1v) is 9.35. The van der Waals surface area contributed by atoms with Crippen LogP contribution in [0, 0.1) is 0 Å². The van der Waals surface area contributed by atoms with E-state index in [1.807, 2.05) is 36.1 Å². The zero-order chi connectivity index (χ0) is 19.5. The molecule has 1 saturated heterocycles. The Morgan fingerprint density at radius 3 is 2.50 bits per heavy atom. The number of hydrogen-bond donors (Lipinski definition) is 0. The van der Waals surface area contributed by atoms with Crippen LogP contribution in [-0.2, 0) is 0 Å². The molecule has 0 aliphatic carbocycles. The zero-order valence-electron chi connectivity index (χ0n) is 16.0. The largest absolute Gasteiger partial charge is 0.497 e. The van der Waals surface area contributed by atoms with E-state index in [1.165, 1.54) is 0 Å². The summed E-state index contributed by atoms with van der Waals surface area (Å²) in [5.41, 5.74) is 2.16. The normalized spacial score (nSPS) is 14.4. The number of imidazole rings is 1. The van der Waals surface area contributed by atoms with Crippen molar-refractivity contribution in [1.82, 2.24) is 19.5 Å². The van der Waals surface area contributed by atoms with Gasteiger partial charge >= 0.3 is 0 Å². The Bertz CT molecular complexity index is 962. The van der Waals surface area contributed by atoms with E-state index in [1.54, 1.807) is 30.0 Å². The van der Waals surface area contributed by atoms with Crippen molar-refractivity contribution in [1.29, 1.82) is 0 Å². The van der Waals surface area contributed by atoms with Crippen molar-refractivity contribution in [2.45, 2.75) is 6.92 Å². The minimum absolute atomic E-state index is 0.0714. The van der Waals surface area contributed by atoms with Crippen LogP contribution in [0.4, 0.5) is 5.69 Å². The van der Waals surface area contributed by atoms with Gasteiger partial charge < -0.3 is 19.3 Å². The Labute approximate surface area is 163 Å². The van der Waals surface area contributed by atoms with Gasteiger partial charge in [0.25, 0.3) is 5.91 Å². The lowest BCUT2D eigenvalue weighted by Crippen LogP contribution is -2.48. The maximum Gasteiger partial charge on any atom is 0.274 e. The van der Waals surface area contributed by atoms with Crippen LogP contribution in [-0.4, -0.2) is 65.3 Å². The molecule has 0 spiro atoms. The summed E-state index contributed by atoms with van der Waals surface area (Å²) in [7, 11) is 1.66. The van der Waals surface area contributed by atoms with E-state index in [0.29, 0.717) is 36.9 Å². The second-order valence-corrected chi connectivity index (χ2v) is 6.51. The third kappa shape index (κ3) is 3.58. The van der Waals surface area contributed by atoms with Gasteiger partial charge in [-0.05, 0) is 37.3 Å². The summed E-state index contributed by atoms with van der Waals surface area (Å²) in [6.07, 6.45) is 1.66. The Morgan fingerprint density at radius 2 is 1.82 bits per heavy atom. The van der Waals surface area contributed by atoms with E-state index in [4.69, 9.17) is 9.47 Å². The lowest BCUT2D eigenvalue weighted by molar-refractivity contribution is 0.0741. The summed E-state index contributed by atoms with van der Waals surface area (Å²) in [6, 6.07) is 11.5. The topological polar surface area (TPSA) is 72.2 Å². The Kier molecular flexibility index (Phi) is 5.01. The number of carbonyl (C=O) groups excluding carboxylic acids is 1.